The first-order valence-electron chi connectivity index (χ1n) is 0.697. The second kappa shape index (κ2) is 20.4. The molecule has 0 aliphatic carbocycles. The van der Waals surface area contributed by atoms with Crippen molar-refractivity contribution in [1.82, 2.24) is 0 Å². The van der Waals surface area contributed by atoms with Gasteiger partial charge in [0.05, 0.1) is 0 Å². The molecule has 0 radical (unpaired) electrons. The van der Waals surface area contributed by atoms with Gasteiger partial charge >= 0.3 is 29.6 Å². The van der Waals surface area contributed by atoms with Crippen LogP contribution in [0.4, 0.5) is 0 Å². The second-order valence-corrected chi connectivity index (χ2v) is 0.224. The largest absolute Gasteiger partial charge is 1.00 e. The van der Waals surface area contributed by atoms with Crippen LogP contribution in [0.1, 0.15) is 0 Å². The van der Waals surface area contributed by atoms with Gasteiger partial charge in [-0.15, -0.1) is 0 Å². The van der Waals surface area contributed by atoms with Gasteiger partial charge in [0.2, 0.25) is 0 Å². The van der Waals surface area contributed by atoms with Crippen LogP contribution in [-0.2, 0) is 0 Å². The first kappa shape index (κ1) is 16.8. The summed E-state index contributed by atoms with van der Waals surface area (Å²) in [6.07, 6.45) is 0. The third-order valence-corrected chi connectivity index (χ3v) is 0.0500. The van der Waals surface area contributed by atoms with E-state index in [1.165, 1.54) is 12.1 Å². The minimum atomic E-state index is 0. The van der Waals surface area contributed by atoms with E-state index in [1.807, 2.05) is 0 Å². The van der Waals surface area contributed by atoms with Gasteiger partial charge in [-0.2, -0.15) is 10.5 Å². The van der Waals surface area contributed by atoms with Gasteiger partial charge in [-0.3, -0.25) is 0 Å². The first-order valence-corrected chi connectivity index (χ1v) is 0.697. The molecule has 0 saturated carbocycles. The quantitative estimate of drug-likeness (QED) is 0.316. The molecule has 0 aliphatic rings. The molecule has 0 aromatic rings. The van der Waals surface area contributed by atoms with Gasteiger partial charge in [-0.25, -0.2) is 0 Å². The molecule has 0 heterocycles. The zero-order valence-corrected chi connectivity index (χ0v) is 5.47. The molecule has 0 rings (SSSR count). The Morgan fingerprint density at radius 1 is 1.00 bits per heavy atom. The molecule has 0 spiro atoms. The fraction of sp³-hybridized carbons (Fsp3) is 0. The predicted molar refractivity (Wildman–Crippen MR) is 16.5 cm³/mol. The number of hydrogen-bond donors (Lipinski definition) is 0. The average Bonchev–Trinajstić information content (AvgIpc) is 1.37. The maximum Gasteiger partial charge on any atom is 1.00 e. The van der Waals surface area contributed by atoms with Crippen molar-refractivity contribution in [3.63, 3.8) is 0 Å². The van der Waals surface area contributed by atoms with Crippen molar-refractivity contribution in [3.8, 4) is 12.1 Å². The van der Waals surface area contributed by atoms with Crippen LogP contribution in [0.2, 0.25) is 0 Å². The van der Waals surface area contributed by atoms with Crippen LogP contribution in [-0.4, -0.2) is 0 Å². The summed E-state index contributed by atoms with van der Waals surface area (Å²) in [6.45, 7) is 0. The summed E-state index contributed by atoms with van der Waals surface area (Å²) in [5.41, 5.74) is 0. The van der Waals surface area contributed by atoms with Crippen LogP contribution in [0.5, 0.6) is 0 Å². The molecule has 0 amide bonds. The topological polar surface area (TPSA) is 81.1 Å². The molecular formula is C2H2N3Na. The smallest absolute Gasteiger partial charge is 0.693 e. The normalized spacial score (nSPS) is 1.67. The number of nitrogens with two attached hydrogens (primary N) is 1. The Balaban J connectivity index is -0.0000000450. The summed E-state index contributed by atoms with van der Waals surface area (Å²) >= 11 is 0. The van der Waals surface area contributed by atoms with Crippen molar-refractivity contribution in [2.24, 2.45) is 0 Å². The molecular weight excluding hydrogens is 89.0 g/mol. The van der Waals surface area contributed by atoms with Gasteiger partial charge in [0.25, 0.3) is 0 Å². The van der Waals surface area contributed by atoms with E-state index < -0.39 is 0 Å². The monoisotopic (exact) mass is 91.0 g/mol. The summed E-state index contributed by atoms with van der Waals surface area (Å²) < 4.78 is 0. The van der Waals surface area contributed by atoms with E-state index in [2.05, 4.69) is 0 Å². The van der Waals surface area contributed by atoms with E-state index >= 15 is 0 Å². The van der Waals surface area contributed by atoms with E-state index in [0.717, 1.165) is 0 Å². The van der Waals surface area contributed by atoms with Crippen LogP contribution in [0.3, 0.4) is 0 Å². The van der Waals surface area contributed by atoms with Crippen LogP contribution >= 0.6 is 0 Å². The van der Waals surface area contributed by atoms with E-state index in [0.29, 0.717) is 0 Å². The van der Waals surface area contributed by atoms with E-state index in [9.17, 15) is 0 Å². The Morgan fingerprint density at radius 2 is 1.17 bits per heavy atom. The van der Waals surface area contributed by atoms with Crippen LogP contribution in [0.15, 0.2) is 0 Å². The van der Waals surface area contributed by atoms with Gasteiger partial charge < -0.3 is 6.15 Å². The summed E-state index contributed by atoms with van der Waals surface area (Å²) in [5, 5.41) is 14.5. The van der Waals surface area contributed by atoms with Crippen molar-refractivity contribution < 1.29 is 29.6 Å². The van der Waals surface area contributed by atoms with Crippen LogP contribution in [0.25, 0.3) is 6.15 Å². The first-order chi connectivity index (χ1) is 1.91. The van der Waals surface area contributed by atoms with Crippen molar-refractivity contribution in [2.75, 3.05) is 0 Å². The minimum absolute atomic E-state index is 0. The molecule has 4 heteroatoms. The van der Waals surface area contributed by atoms with Crippen LogP contribution < -0.4 is 29.6 Å². The van der Waals surface area contributed by atoms with Crippen molar-refractivity contribution >= 4 is 0 Å². The Morgan fingerprint density at radius 3 is 1.17 bits per heavy atom. The van der Waals surface area contributed by atoms with Crippen molar-refractivity contribution in [1.29, 1.82) is 10.5 Å². The molecule has 0 saturated heterocycles. The molecule has 0 aromatic carbocycles. The van der Waals surface area contributed by atoms with Crippen molar-refractivity contribution in [2.45, 2.75) is 0 Å². The van der Waals surface area contributed by atoms with Gasteiger partial charge in [-0.1, -0.05) is 0 Å². The van der Waals surface area contributed by atoms with Gasteiger partial charge in [0.1, 0.15) is 0 Å². The Labute approximate surface area is 58.4 Å². The molecule has 26 valence electrons. The molecule has 2 N–H and O–H groups in total. The molecule has 0 aliphatic heterocycles. The molecule has 0 atom stereocenters. The maximum absolute atomic E-state index is 7.26. The summed E-state index contributed by atoms with van der Waals surface area (Å²) in [6, 6.07) is 2.47. The molecule has 0 bridgehead atoms. The van der Waals surface area contributed by atoms with E-state index in [1.54, 1.807) is 0 Å². The van der Waals surface area contributed by atoms with E-state index in [-0.39, 0.29) is 35.7 Å². The second-order valence-electron chi connectivity index (χ2n) is 0.224. The summed E-state index contributed by atoms with van der Waals surface area (Å²) in [5.74, 6) is 0. The van der Waals surface area contributed by atoms with E-state index in [4.69, 9.17) is 10.5 Å². The third-order valence-electron chi connectivity index (χ3n) is 0.0500. The molecule has 3 nitrogen and oxygen atoms in total. The average molecular weight is 91.0 g/mol. The van der Waals surface area contributed by atoms with Gasteiger partial charge in [0, 0.05) is 0 Å². The Bertz CT molecular complexity index is 63.8. The molecule has 6 heavy (non-hydrogen) atoms. The number of nitrogens with zero attached hydrogens (tertiary/aromatic N) is 2. The minimum Gasteiger partial charge on any atom is -0.693 e. The number of rotatable bonds is 0. The summed E-state index contributed by atoms with van der Waals surface area (Å²) in [7, 11) is 0. The fourth-order valence-electron chi connectivity index (χ4n) is 0. The zero-order chi connectivity index (χ0) is 3.41. The van der Waals surface area contributed by atoms with Crippen LogP contribution in [0, 0.1) is 22.7 Å². The van der Waals surface area contributed by atoms with Crippen molar-refractivity contribution in [3.05, 3.63) is 6.15 Å². The fourth-order valence-corrected chi connectivity index (χ4v) is 0. The summed E-state index contributed by atoms with van der Waals surface area (Å²) in [4.78, 5) is 0. The molecule has 0 fully saturated rings. The molecule has 0 unspecified atom stereocenters. The van der Waals surface area contributed by atoms with Gasteiger partial charge in [-0.05, 0) is 0 Å². The zero-order valence-electron chi connectivity index (χ0n) is 3.47. The third kappa shape index (κ3) is 38.5. The Hall–Kier alpha value is -0.0600. The SMILES string of the molecule is N#CC#N.[NH2-].[Na+]. The Kier molecular flexibility index (Phi) is 57.0. The number of hydrogen-bond acceptors (Lipinski definition) is 2. The van der Waals surface area contributed by atoms with Gasteiger partial charge in [0.15, 0.2) is 12.1 Å². The maximum atomic E-state index is 7.26. The standard InChI is InChI=1S/C2N2.H2N.Na/c3-1-2-4;;/h;1H2;/q;-1;+1. The predicted octanol–water partition coefficient (Wildman–Crippen LogP) is -2.25. The molecule has 0 aromatic heterocycles. The number of nitriles is 2.